The minimum absolute atomic E-state index is 0.0677. The van der Waals surface area contributed by atoms with E-state index in [4.69, 9.17) is 30.5 Å². The van der Waals surface area contributed by atoms with Crippen LogP contribution in [0.1, 0.15) is 25.8 Å². The summed E-state index contributed by atoms with van der Waals surface area (Å²) >= 11 is 6.19. The summed E-state index contributed by atoms with van der Waals surface area (Å²) < 4.78 is 21.3. The van der Waals surface area contributed by atoms with Crippen molar-refractivity contribution >= 4 is 29.6 Å². The van der Waals surface area contributed by atoms with Crippen molar-refractivity contribution in [3.63, 3.8) is 0 Å². The summed E-state index contributed by atoms with van der Waals surface area (Å²) in [6.45, 7) is 4.23. The zero-order chi connectivity index (χ0) is 21.7. The van der Waals surface area contributed by atoms with Gasteiger partial charge in [-0.25, -0.2) is 9.59 Å². The minimum Gasteiger partial charge on any atom is -0.486 e. The highest BCUT2D eigenvalue weighted by atomic mass is 35.5. The Balaban J connectivity index is 1.71. The van der Waals surface area contributed by atoms with Crippen LogP contribution in [-0.2, 0) is 25.5 Å². The lowest BCUT2D eigenvalue weighted by Crippen LogP contribution is -2.51. The number of benzene rings is 1. The molecule has 2 N–H and O–H groups in total. The van der Waals surface area contributed by atoms with Crippen LogP contribution in [0.2, 0.25) is 5.02 Å². The molecule has 9 nitrogen and oxygen atoms in total. The number of hydrogen-bond acceptors (Lipinski definition) is 7. The van der Waals surface area contributed by atoms with Gasteiger partial charge in [-0.05, 0) is 31.0 Å². The van der Waals surface area contributed by atoms with E-state index in [-0.39, 0.29) is 30.9 Å². The molecule has 0 unspecified atom stereocenters. The van der Waals surface area contributed by atoms with Crippen molar-refractivity contribution < 1.29 is 33.3 Å². The molecule has 162 valence electrons. The second-order valence-corrected chi connectivity index (χ2v) is 7.02. The van der Waals surface area contributed by atoms with Crippen LogP contribution < -0.4 is 20.1 Å². The highest BCUT2D eigenvalue weighted by Crippen LogP contribution is 2.38. The van der Waals surface area contributed by atoms with Crippen molar-refractivity contribution in [2.24, 2.45) is 0 Å². The number of carbonyl (C=O) groups excluding carboxylic acids is 3. The lowest BCUT2D eigenvalue weighted by Gasteiger charge is -2.28. The van der Waals surface area contributed by atoms with Crippen LogP contribution in [0.3, 0.4) is 0 Å². The van der Waals surface area contributed by atoms with Crippen LogP contribution in [0.4, 0.5) is 4.79 Å². The monoisotopic (exact) mass is 438 g/mol. The average molecular weight is 439 g/mol. The Bertz CT molecular complexity index is 884. The van der Waals surface area contributed by atoms with Crippen molar-refractivity contribution in [3.05, 3.63) is 34.0 Å². The molecule has 30 heavy (non-hydrogen) atoms. The molecule has 3 rings (SSSR count). The van der Waals surface area contributed by atoms with E-state index in [2.05, 4.69) is 10.6 Å². The molecule has 2 heterocycles. The number of nitrogens with one attached hydrogen (secondary N) is 2. The van der Waals surface area contributed by atoms with Gasteiger partial charge in [-0.3, -0.25) is 4.79 Å². The topological polar surface area (TPSA) is 112 Å². The second-order valence-electron chi connectivity index (χ2n) is 6.61. The number of urea groups is 1. The molecule has 1 aromatic rings. The maximum absolute atomic E-state index is 12.4. The number of halogens is 1. The van der Waals surface area contributed by atoms with Gasteiger partial charge in [-0.15, -0.1) is 0 Å². The second kappa shape index (κ2) is 9.71. The maximum Gasteiger partial charge on any atom is 0.338 e. The molecule has 0 saturated carbocycles. The van der Waals surface area contributed by atoms with Crippen molar-refractivity contribution in [1.29, 1.82) is 0 Å². The largest absolute Gasteiger partial charge is 0.486 e. The Labute approximate surface area is 178 Å². The van der Waals surface area contributed by atoms with Crippen LogP contribution in [0.15, 0.2) is 23.4 Å². The van der Waals surface area contributed by atoms with Gasteiger partial charge in [-0.2, -0.15) is 0 Å². The van der Waals surface area contributed by atoms with E-state index in [1.807, 2.05) is 6.92 Å². The number of rotatable bonds is 7. The fraction of sp³-hybridized carbons (Fsp3) is 0.450. The normalized spacial score (nSPS) is 17.7. The van der Waals surface area contributed by atoms with Crippen LogP contribution in [0.25, 0.3) is 0 Å². The first kappa shape index (κ1) is 21.8. The van der Waals surface area contributed by atoms with E-state index in [0.29, 0.717) is 41.7 Å². The molecule has 0 radical (unpaired) electrons. The SMILES string of the molecule is CCOC(=O)C1=C(COC(=O)Cc2cc(Cl)c3c(c2)OCCO3)NC(=O)N[C@H]1CC. The van der Waals surface area contributed by atoms with Gasteiger partial charge in [0, 0.05) is 0 Å². The third-order valence-electron chi connectivity index (χ3n) is 4.53. The van der Waals surface area contributed by atoms with Crippen LogP contribution in [-0.4, -0.2) is 50.4 Å². The van der Waals surface area contributed by atoms with Gasteiger partial charge in [0.25, 0.3) is 0 Å². The standard InChI is InChI=1S/C20H23ClN2O7/c1-3-13-17(19(25)27-4-2)14(23-20(26)22-13)10-30-16(24)9-11-7-12(21)18-15(8-11)28-5-6-29-18/h7-8,13H,3-6,9-10H2,1-2H3,(H2,22,23,26)/t13-/m0/s1. The fourth-order valence-electron chi connectivity index (χ4n) is 3.21. The first-order valence-electron chi connectivity index (χ1n) is 9.64. The molecule has 1 atom stereocenters. The third-order valence-corrected chi connectivity index (χ3v) is 4.81. The number of ether oxygens (including phenoxy) is 4. The number of hydrogen-bond donors (Lipinski definition) is 2. The minimum atomic E-state index is -0.568. The van der Waals surface area contributed by atoms with Crippen molar-refractivity contribution in [2.75, 3.05) is 26.4 Å². The highest BCUT2D eigenvalue weighted by Gasteiger charge is 2.32. The lowest BCUT2D eigenvalue weighted by molar-refractivity contribution is -0.143. The molecular formula is C20H23ClN2O7. The molecule has 10 heteroatoms. The summed E-state index contributed by atoms with van der Waals surface area (Å²) in [6, 6.07) is 2.28. The number of carbonyl (C=O) groups is 3. The first-order valence-corrected chi connectivity index (χ1v) is 10.0. The zero-order valence-corrected chi connectivity index (χ0v) is 17.5. The Hall–Kier alpha value is -2.94. The Morgan fingerprint density at radius 3 is 2.70 bits per heavy atom. The molecule has 1 aromatic carbocycles. The van der Waals surface area contributed by atoms with Gasteiger partial charge in [-0.1, -0.05) is 18.5 Å². The van der Waals surface area contributed by atoms with Gasteiger partial charge in [0.15, 0.2) is 11.5 Å². The average Bonchev–Trinajstić information content (AvgIpc) is 2.71. The van der Waals surface area contributed by atoms with E-state index in [1.165, 1.54) is 0 Å². The van der Waals surface area contributed by atoms with E-state index < -0.39 is 24.0 Å². The van der Waals surface area contributed by atoms with E-state index in [9.17, 15) is 14.4 Å². The van der Waals surface area contributed by atoms with Crippen molar-refractivity contribution in [1.82, 2.24) is 10.6 Å². The fourth-order valence-corrected chi connectivity index (χ4v) is 3.50. The number of esters is 2. The van der Waals surface area contributed by atoms with Crippen LogP contribution in [0, 0.1) is 0 Å². The molecule has 0 aromatic heterocycles. The first-order chi connectivity index (χ1) is 14.4. The molecule has 0 aliphatic carbocycles. The predicted molar refractivity (Wildman–Crippen MR) is 107 cm³/mol. The van der Waals surface area contributed by atoms with Crippen molar-refractivity contribution in [3.8, 4) is 11.5 Å². The predicted octanol–water partition coefficient (Wildman–Crippen LogP) is 2.11. The summed E-state index contributed by atoms with van der Waals surface area (Å²) in [5, 5.41) is 5.54. The molecule has 0 saturated heterocycles. The summed E-state index contributed by atoms with van der Waals surface area (Å²) in [6.07, 6.45) is 0.413. The Morgan fingerprint density at radius 2 is 1.97 bits per heavy atom. The van der Waals surface area contributed by atoms with Gasteiger partial charge in [0.1, 0.15) is 19.8 Å². The summed E-state index contributed by atoms with van der Waals surface area (Å²) in [4.78, 5) is 36.6. The maximum atomic E-state index is 12.4. The molecule has 0 spiro atoms. The number of amides is 2. The molecular weight excluding hydrogens is 416 g/mol. The smallest absolute Gasteiger partial charge is 0.338 e. The lowest BCUT2D eigenvalue weighted by atomic mass is 10.0. The highest BCUT2D eigenvalue weighted by molar-refractivity contribution is 6.32. The molecule has 2 aliphatic heterocycles. The zero-order valence-electron chi connectivity index (χ0n) is 16.7. The van der Waals surface area contributed by atoms with Crippen LogP contribution in [0.5, 0.6) is 11.5 Å². The third kappa shape index (κ3) is 4.96. The van der Waals surface area contributed by atoms with Crippen molar-refractivity contribution in [2.45, 2.75) is 32.7 Å². The van der Waals surface area contributed by atoms with E-state index in [0.717, 1.165) is 0 Å². The molecule has 2 aliphatic rings. The molecule has 2 amide bonds. The van der Waals surface area contributed by atoms with Crippen LogP contribution >= 0.6 is 11.6 Å². The van der Waals surface area contributed by atoms with E-state index >= 15 is 0 Å². The van der Waals surface area contributed by atoms with E-state index in [1.54, 1.807) is 19.1 Å². The number of fused-ring (bicyclic) bond motifs is 1. The summed E-state index contributed by atoms with van der Waals surface area (Å²) in [5.74, 6) is -0.201. The quantitative estimate of drug-likeness (QED) is 0.627. The van der Waals surface area contributed by atoms with Gasteiger partial charge < -0.3 is 29.6 Å². The molecule has 0 bridgehead atoms. The summed E-state index contributed by atoms with van der Waals surface area (Å²) in [7, 11) is 0. The van der Waals surface area contributed by atoms with Gasteiger partial charge in [0.05, 0.1) is 35.4 Å². The van der Waals surface area contributed by atoms with Gasteiger partial charge in [0.2, 0.25) is 0 Å². The summed E-state index contributed by atoms with van der Waals surface area (Å²) in [5.41, 5.74) is 1.04. The van der Waals surface area contributed by atoms with Gasteiger partial charge >= 0.3 is 18.0 Å². The molecule has 0 fully saturated rings. The Kier molecular flexibility index (Phi) is 7.04. The Morgan fingerprint density at radius 1 is 1.20 bits per heavy atom.